The Bertz CT molecular complexity index is 151. The van der Waals surface area contributed by atoms with Gasteiger partial charge in [-0.2, -0.15) is 0 Å². The topological polar surface area (TPSA) is 27.3 Å². The van der Waals surface area contributed by atoms with E-state index in [0.29, 0.717) is 0 Å². The minimum atomic E-state index is 0.982. The van der Waals surface area contributed by atoms with Gasteiger partial charge < -0.3 is 0 Å². The summed E-state index contributed by atoms with van der Waals surface area (Å²) in [5.74, 6) is 0. The minimum absolute atomic E-state index is 0.982. The van der Waals surface area contributed by atoms with E-state index in [1.807, 2.05) is 0 Å². The maximum Gasteiger partial charge on any atom is 0.0614 e. The highest BCUT2D eigenvalue weighted by molar-refractivity contribution is 4.76. The fourth-order valence-electron chi connectivity index (χ4n) is 1.70. The first kappa shape index (κ1) is 11.7. The smallest absolute Gasteiger partial charge is 0.0614 e. The van der Waals surface area contributed by atoms with Gasteiger partial charge in [0, 0.05) is 6.54 Å². The summed E-state index contributed by atoms with van der Waals surface area (Å²) in [6, 6.07) is 0. The Morgan fingerprint density at radius 2 is 1.93 bits per heavy atom. The van der Waals surface area contributed by atoms with Crippen molar-refractivity contribution in [2.45, 2.75) is 32.6 Å². The van der Waals surface area contributed by atoms with Gasteiger partial charge in [-0.1, -0.05) is 18.6 Å². The highest BCUT2D eigenvalue weighted by atomic mass is 15.4. The molecule has 82 valence electrons. The molecule has 0 aliphatic carbocycles. The van der Waals surface area contributed by atoms with E-state index in [9.17, 15) is 0 Å². The van der Waals surface area contributed by atoms with Gasteiger partial charge in [0.05, 0.1) is 6.67 Å². The molecule has 0 aromatic heterocycles. The second-order valence-corrected chi connectivity index (χ2v) is 3.80. The number of likely N-dealkylation sites (tertiary alicyclic amines) is 1. The molecule has 1 heterocycles. The highest BCUT2D eigenvalue weighted by Crippen LogP contribution is 2.06. The van der Waals surface area contributed by atoms with Gasteiger partial charge in [0.1, 0.15) is 0 Å². The second kappa shape index (κ2) is 7.97. The SMILES string of the molecule is C/C=C\CCNNCN1CCCCC1. The van der Waals surface area contributed by atoms with Gasteiger partial charge in [-0.15, -0.1) is 0 Å². The summed E-state index contributed by atoms with van der Waals surface area (Å²) in [5, 5.41) is 0. The maximum atomic E-state index is 3.26. The van der Waals surface area contributed by atoms with Crippen LogP contribution >= 0.6 is 0 Å². The first-order chi connectivity index (χ1) is 6.93. The molecule has 1 aliphatic rings. The van der Waals surface area contributed by atoms with Crippen molar-refractivity contribution in [3.8, 4) is 0 Å². The number of hydrogen-bond acceptors (Lipinski definition) is 3. The van der Waals surface area contributed by atoms with Gasteiger partial charge in [-0.05, 0) is 39.3 Å². The molecule has 1 fully saturated rings. The number of nitrogens with zero attached hydrogens (tertiary/aromatic N) is 1. The molecule has 2 N–H and O–H groups in total. The third kappa shape index (κ3) is 5.37. The van der Waals surface area contributed by atoms with E-state index in [1.165, 1.54) is 32.4 Å². The molecule has 3 nitrogen and oxygen atoms in total. The molecule has 0 spiro atoms. The van der Waals surface area contributed by atoms with Crippen LogP contribution in [0.25, 0.3) is 0 Å². The molecule has 1 rings (SSSR count). The van der Waals surface area contributed by atoms with Gasteiger partial charge in [-0.3, -0.25) is 10.3 Å². The van der Waals surface area contributed by atoms with Crippen LogP contribution in [-0.2, 0) is 0 Å². The number of hydrogen-bond donors (Lipinski definition) is 2. The predicted molar refractivity (Wildman–Crippen MR) is 60.9 cm³/mol. The molecule has 0 unspecified atom stereocenters. The molecular formula is C11H23N3. The Hall–Kier alpha value is -0.380. The normalized spacial score (nSPS) is 19.2. The van der Waals surface area contributed by atoms with Crippen molar-refractivity contribution in [2.24, 2.45) is 0 Å². The predicted octanol–water partition coefficient (Wildman–Crippen LogP) is 1.49. The van der Waals surface area contributed by atoms with Crippen LogP contribution in [0.4, 0.5) is 0 Å². The Kier molecular flexibility index (Phi) is 6.66. The van der Waals surface area contributed by atoms with Crippen molar-refractivity contribution >= 4 is 0 Å². The summed E-state index contributed by atoms with van der Waals surface area (Å²) >= 11 is 0. The standard InChI is InChI=1S/C11H23N3/c1-2-3-5-8-12-13-11-14-9-6-4-7-10-14/h2-3,12-13H,4-11H2,1H3/b3-2-. The number of hydrazine groups is 1. The fourth-order valence-corrected chi connectivity index (χ4v) is 1.70. The molecule has 0 saturated carbocycles. The van der Waals surface area contributed by atoms with E-state index in [0.717, 1.165) is 19.6 Å². The summed E-state index contributed by atoms with van der Waals surface area (Å²) in [6.45, 7) is 6.56. The number of allylic oxidation sites excluding steroid dienone is 1. The second-order valence-electron chi connectivity index (χ2n) is 3.80. The lowest BCUT2D eigenvalue weighted by Gasteiger charge is -2.26. The average molecular weight is 197 g/mol. The van der Waals surface area contributed by atoms with Crippen molar-refractivity contribution in [1.82, 2.24) is 15.8 Å². The van der Waals surface area contributed by atoms with E-state index in [-0.39, 0.29) is 0 Å². The molecule has 1 aliphatic heterocycles. The zero-order valence-corrected chi connectivity index (χ0v) is 9.26. The van der Waals surface area contributed by atoms with E-state index in [4.69, 9.17) is 0 Å². The van der Waals surface area contributed by atoms with Crippen LogP contribution < -0.4 is 10.9 Å². The fraction of sp³-hybridized carbons (Fsp3) is 0.818. The third-order valence-electron chi connectivity index (χ3n) is 2.55. The molecule has 0 radical (unpaired) electrons. The first-order valence-electron chi connectivity index (χ1n) is 5.72. The molecular weight excluding hydrogens is 174 g/mol. The van der Waals surface area contributed by atoms with Crippen LogP contribution in [0.2, 0.25) is 0 Å². The van der Waals surface area contributed by atoms with Crippen molar-refractivity contribution in [1.29, 1.82) is 0 Å². The van der Waals surface area contributed by atoms with Crippen LogP contribution in [0.5, 0.6) is 0 Å². The van der Waals surface area contributed by atoms with E-state index < -0.39 is 0 Å². The van der Waals surface area contributed by atoms with Crippen molar-refractivity contribution in [3.63, 3.8) is 0 Å². The highest BCUT2D eigenvalue weighted by Gasteiger charge is 2.07. The summed E-state index contributed by atoms with van der Waals surface area (Å²) in [7, 11) is 0. The van der Waals surface area contributed by atoms with Crippen molar-refractivity contribution in [3.05, 3.63) is 12.2 Å². The molecule has 0 atom stereocenters. The van der Waals surface area contributed by atoms with Crippen molar-refractivity contribution < 1.29 is 0 Å². The Labute approximate surface area is 87.5 Å². The molecule has 14 heavy (non-hydrogen) atoms. The number of nitrogens with one attached hydrogen (secondary N) is 2. The summed E-state index contributed by atoms with van der Waals surface area (Å²) in [4.78, 5) is 2.46. The summed E-state index contributed by atoms with van der Waals surface area (Å²) < 4.78 is 0. The molecule has 0 aromatic rings. The van der Waals surface area contributed by atoms with E-state index >= 15 is 0 Å². The quantitative estimate of drug-likeness (QED) is 0.384. The number of rotatable bonds is 6. The maximum absolute atomic E-state index is 3.26. The molecule has 1 saturated heterocycles. The van der Waals surface area contributed by atoms with Crippen molar-refractivity contribution in [2.75, 3.05) is 26.3 Å². The van der Waals surface area contributed by atoms with Crippen LogP contribution in [-0.4, -0.2) is 31.2 Å². The summed E-state index contributed by atoms with van der Waals surface area (Å²) in [6.07, 6.45) is 9.50. The molecule has 3 heteroatoms. The van der Waals surface area contributed by atoms with E-state index in [2.05, 4.69) is 34.8 Å². The van der Waals surface area contributed by atoms with Gasteiger partial charge in [-0.25, -0.2) is 5.43 Å². The number of piperidine rings is 1. The zero-order valence-electron chi connectivity index (χ0n) is 9.26. The van der Waals surface area contributed by atoms with Gasteiger partial charge in [0.2, 0.25) is 0 Å². The zero-order chi connectivity index (χ0) is 10.1. The van der Waals surface area contributed by atoms with Gasteiger partial charge in [0.25, 0.3) is 0 Å². The Morgan fingerprint density at radius 1 is 1.14 bits per heavy atom. The van der Waals surface area contributed by atoms with E-state index in [1.54, 1.807) is 0 Å². The minimum Gasteiger partial charge on any atom is -0.290 e. The van der Waals surface area contributed by atoms with Crippen LogP contribution in [0, 0.1) is 0 Å². The monoisotopic (exact) mass is 197 g/mol. The molecule has 0 bridgehead atoms. The van der Waals surface area contributed by atoms with Gasteiger partial charge in [0.15, 0.2) is 0 Å². The lowest BCUT2D eigenvalue weighted by molar-refractivity contribution is 0.201. The lowest BCUT2D eigenvalue weighted by Crippen LogP contribution is -2.44. The third-order valence-corrected chi connectivity index (χ3v) is 2.55. The Balaban J connectivity index is 1.87. The van der Waals surface area contributed by atoms with Gasteiger partial charge >= 0.3 is 0 Å². The van der Waals surface area contributed by atoms with Crippen LogP contribution in [0.15, 0.2) is 12.2 Å². The summed E-state index contributed by atoms with van der Waals surface area (Å²) in [5.41, 5.74) is 6.48. The average Bonchev–Trinajstić information content (AvgIpc) is 2.25. The molecule has 0 amide bonds. The van der Waals surface area contributed by atoms with Crippen LogP contribution in [0.3, 0.4) is 0 Å². The largest absolute Gasteiger partial charge is 0.290 e. The molecule has 0 aromatic carbocycles. The first-order valence-corrected chi connectivity index (χ1v) is 5.72. The lowest BCUT2D eigenvalue weighted by atomic mass is 10.1. The van der Waals surface area contributed by atoms with Crippen LogP contribution in [0.1, 0.15) is 32.6 Å². The Morgan fingerprint density at radius 3 is 2.64 bits per heavy atom.